The van der Waals surface area contributed by atoms with Gasteiger partial charge in [-0.05, 0) is 43.2 Å². The van der Waals surface area contributed by atoms with Crippen LogP contribution in [0.25, 0.3) is 11.0 Å². The smallest absolute Gasteiger partial charge is 0.261 e. The number of carbonyl (C=O) groups excluding carboxylic acids is 1. The van der Waals surface area contributed by atoms with E-state index in [9.17, 15) is 13.2 Å². The highest BCUT2D eigenvalue weighted by molar-refractivity contribution is 7.92. The SMILES string of the molecule is Cn1c(CCN2CCCCC2=O)nc2cc(NS(=O)(=O)c3ccccc3)ccc21. The molecule has 2 heterocycles. The Bertz CT molecular complexity index is 1140. The molecule has 0 radical (unpaired) electrons. The topological polar surface area (TPSA) is 84.3 Å². The van der Waals surface area contributed by atoms with E-state index in [1.54, 1.807) is 42.5 Å². The summed E-state index contributed by atoms with van der Waals surface area (Å²) < 4.78 is 29.7. The zero-order valence-corrected chi connectivity index (χ0v) is 17.2. The Kier molecular flexibility index (Phi) is 5.27. The summed E-state index contributed by atoms with van der Waals surface area (Å²) in [4.78, 5) is 18.8. The van der Waals surface area contributed by atoms with Gasteiger partial charge in [0, 0.05) is 33.0 Å². The van der Waals surface area contributed by atoms with Crippen molar-refractivity contribution in [3.8, 4) is 0 Å². The van der Waals surface area contributed by atoms with Crippen LogP contribution in [0.15, 0.2) is 53.4 Å². The third-order valence-corrected chi connectivity index (χ3v) is 6.70. The highest BCUT2D eigenvalue weighted by Crippen LogP contribution is 2.23. The Hall–Kier alpha value is -2.87. The Morgan fingerprint density at radius 3 is 2.66 bits per heavy atom. The van der Waals surface area contributed by atoms with Gasteiger partial charge < -0.3 is 9.47 Å². The fourth-order valence-electron chi connectivity index (χ4n) is 3.68. The van der Waals surface area contributed by atoms with Crippen molar-refractivity contribution in [3.05, 3.63) is 54.4 Å². The summed E-state index contributed by atoms with van der Waals surface area (Å²) >= 11 is 0. The van der Waals surface area contributed by atoms with Crippen LogP contribution < -0.4 is 4.72 Å². The monoisotopic (exact) mass is 412 g/mol. The summed E-state index contributed by atoms with van der Waals surface area (Å²) in [6.07, 6.45) is 3.33. The third kappa shape index (κ3) is 4.12. The summed E-state index contributed by atoms with van der Waals surface area (Å²) in [5.41, 5.74) is 2.12. The molecule has 0 spiro atoms. The highest BCUT2D eigenvalue weighted by Gasteiger charge is 2.19. The van der Waals surface area contributed by atoms with Crippen LogP contribution in [0, 0.1) is 0 Å². The third-order valence-electron chi connectivity index (χ3n) is 5.31. The second-order valence-corrected chi connectivity index (χ2v) is 8.98. The molecule has 29 heavy (non-hydrogen) atoms. The van der Waals surface area contributed by atoms with Gasteiger partial charge in [0.15, 0.2) is 0 Å². The van der Waals surface area contributed by atoms with Crippen molar-refractivity contribution in [2.45, 2.75) is 30.6 Å². The number of hydrogen-bond acceptors (Lipinski definition) is 4. The number of imidazole rings is 1. The van der Waals surface area contributed by atoms with Crippen LogP contribution in [0.3, 0.4) is 0 Å². The van der Waals surface area contributed by atoms with Gasteiger partial charge in [-0.3, -0.25) is 9.52 Å². The van der Waals surface area contributed by atoms with E-state index in [2.05, 4.69) is 9.71 Å². The summed E-state index contributed by atoms with van der Waals surface area (Å²) in [5.74, 6) is 1.09. The number of aryl methyl sites for hydroxylation is 1. The molecule has 8 heteroatoms. The number of rotatable bonds is 6. The molecule has 7 nitrogen and oxygen atoms in total. The number of fused-ring (bicyclic) bond motifs is 1. The van der Waals surface area contributed by atoms with E-state index in [0.717, 1.165) is 36.2 Å². The molecule has 0 bridgehead atoms. The van der Waals surface area contributed by atoms with Crippen molar-refractivity contribution in [3.63, 3.8) is 0 Å². The van der Waals surface area contributed by atoms with E-state index in [4.69, 9.17) is 0 Å². The highest BCUT2D eigenvalue weighted by atomic mass is 32.2. The number of amides is 1. The van der Waals surface area contributed by atoms with E-state index in [1.165, 1.54) is 0 Å². The van der Waals surface area contributed by atoms with Gasteiger partial charge in [0.1, 0.15) is 5.82 Å². The molecule has 0 saturated carbocycles. The molecule has 1 fully saturated rings. The van der Waals surface area contributed by atoms with Gasteiger partial charge in [0.2, 0.25) is 5.91 Å². The number of benzene rings is 2. The lowest BCUT2D eigenvalue weighted by atomic mass is 10.1. The second-order valence-electron chi connectivity index (χ2n) is 7.30. The lowest BCUT2D eigenvalue weighted by molar-refractivity contribution is -0.133. The summed E-state index contributed by atoms with van der Waals surface area (Å²) in [5, 5.41) is 0. The number of likely N-dealkylation sites (tertiary alicyclic amines) is 1. The molecular formula is C21H24N4O3S. The first-order valence-electron chi connectivity index (χ1n) is 9.75. The number of piperidine rings is 1. The van der Waals surface area contributed by atoms with Gasteiger partial charge in [-0.15, -0.1) is 0 Å². The molecule has 1 N–H and O–H groups in total. The number of nitrogens with one attached hydrogen (secondary N) is 1. The van der Waals surface area contributed by atoms with E-state index in [0.29, 0.717) is 25.1 Å². The van der Waals surface area contributed by atoms with Crippen molar-refractivity contribution >= 4 is 32.7 Å². The van der Waals surface area contributed by atoms with E-state index in [1.807, 2.05) is 22.6 Å². The first-order chi connectivity index (χ1) is 13.9. The molecule has 0 unspecified atom stereocenters. The summed E-state index contributed by atoms with van der Waals surface area (Å²) in [7, 11) is -1.70. The van der Waals surface area contributed by atoms with Crippen LogP contribution in [0.5, 0.6) is 0 Å². The molecule has 1 aromatic heterocycles. The number of sulfonamides is 1. The Balaban J connectivity index is 1.53. The predicted octanol–water partition coefficient (Wildman–Crippen LogP) is 2.93. The van der Waals surface area contributed by atoms with Crippen LogP contribution in [-0.2, 0) is 28.3 Å². The summed E-state index contributed by atoms with van der Waals surface area (Å²) in [6, 6.07) is 13.6. The minimum atomic E-state index is -3.64. The maximum absolute atomic E-state index is 12.5. The maximum Gasteiger partial charge on any atom is 0.261 e. The molecule has 1 aliphatic heterocycles. The molecule has 0 aliphatic carbocycles. The summed E-state index contributed by atoms with van der Waals surface area (Å²) in [6.45, 7) is 1.47. The lowest BCUT2D eigenvalue weighted by Crippen LogP contribution is -2.36. The molecule has 3 aromatic rings. The largest absolute Gasteiger partial charge is 0.342 e. The zero-order chi connectivity index (χ0) is 20.4. The zero-order valence-electron chi connectivity index (χ0n) is 16.3. The van der Waals surface area contributed by atoms with Crippen LogP contribution >= 0.6 is 0 Å². The average molecular weight is 413 g/mol. The lowest BCUT2D eigenvalue weighted by Gasteiger charge is -2.26. The van der Waals surface area contributed by atoms with Crippen LogP contribution in [-0.4, -0.2) is 41.9 Å². The number of carbonyl (C=O) groups is 1. The van der Waals surface area contributed by atoms with Gasteiger partial charge >= 0.3 is 0 Å². The van der Waals surface area contributed by atoms with E-state index < -0.39 is 10.0 Å². The molecule has 1 aliphatic rings. The van der Waals surface area contributed by atoms with Gasteiger partial charge in [-0.1, -0.05) is 18.2 Å². The van der Waals surface area contributed by atoms with E-state index in [-0.39, 0.29) is 10.8 Å². The fourth-order valence-corrected chi connectivity index (χ4v) is 4.75. The van der Waals surface area contributed by atoms with Crippen LogP contribution in [0.2, 0.25) is 0 Å². The minimum absolute atomic E-state index is 0.215. The van der Waals surface area contributed by atoms with Gasteiger partial charge in [0.05, 0.1) is 21.6 Å². The first-order valence-corrected chi connectivity index (χ1v) is 11.2. The van der Waals surface area contributed by atoms with Crippen LogP contribution in [0.4, 0.5) is 5.69 Å². The second kappa shape index (κ2) is 7.87. The molecule has 0 atom stereocenters. The minimum Gasteiger partial charge on any atom is -0.342 e. The molecule has 1 amide bonds. The van der Waals surface area contributed by atoms with Crippen molar-refractivity contribution in [1.29, 1.82) is 0 Å². The fraction of sp³-hybridized carbons (Fsp3) is 0.333. The number of nitrogens with zero attached hydrogens (tertiary/aromatic N) is 3. The molecule has 152 valence electrons. The quantitative estimate of drug-likeness (QED) is 0.675. The van der Waals surface area contributed by atoms with Crippen molar-refractivity contribution in [2.24, 2.45) is 7.05 Å². The standard InChI is InChI=1S/C21H24N4O3S/c1-24-19-11-10-16(23-29(27,28)17-7-3-2-4-8-17)15-18(19)22-20(24)12-14-25-13-6-5-9-21(25)26/h2-4,7-8,10-11,15,23H,5-6,9,12-14H2,1H3. The number of hydrogen-bond donors (Lipinski definition) is 1. The number of aromatic nitrogens is 2. The maximum atomic E-state index is 12.5. The molecule has 2 aromatic carbocycles. The van der Waals surface area contributed by atoms with E-state index >= 15 is 0 Å². The van der Waals surface area contributed by atoms with Gasteiger partial charge in [0.25, 0.3) is 10.0 Å². The van der Waals surface area contributed by atoms with Crippen molar-refractivity contribution in [2.75, 3.05) is 17.8 Å². The Labute approximate surface area is 170 Å². The Morgan fingerprint density at radius 2 is 1.90 bits per heavy atom. The molecular weight excluding hydrogens is 388 g/mol. The normalized spacial score (nSPS) is 15.1. The van der Waals surface area contributed by atoms with Crippen LogP contribution in [0.1, 0.15) is 25.1 Å². The van der Waals surface area contributed by atoms with Gasteiger partial charge in [-0.2, -0.15) is 0 Å². The number of anilines is 1. The average Bonchev–Trinajstić information content (AvgIpc) is 3.03. The van der Waals surface area contributed by atoms with Crippen molar-refractivity contribution < 1.29 is 13.2 Å². The van der Waals surface area contributed by atoms with Gasteiger partial charge in [-0.25, -0.2) is 13.4 Å². The predicted molar refractivity (Wildman–Crippen MR) is 112 cm³/mol. The molecule has 4 rings (SSSR count). The molecule has 1 saturated heterocycles. The van der Waals surface area contributed by atoms with Crippen molar-refractivity contribution in [1.82, 2.24) is 14.5 Å². The first kappa shape index (κ1) is 19.4. The Morgan fingerprint density at radius 1 is 1.10 bits per heavy atom.